The fraction of sp³-hybridized carbons (Fsp3) is 0.300. The minimum absolute atomic E-state index is 0.321. The number of ether oxygens (including phenoxy) is 2. The van der Waals surface area contributed by atoms with Gasteiger partial charge in [0.1, 0.15) is 12.0 Å². The highest BCUT2D eigenvalue weighted by atomic mass is 19.4. The molecule has 0 aliphatic carbocycles. The van der Waals surface area contributed by atoms with E-state index >= 15 is 0 Å². The predicted molar refractivity (Wildman–Crippen MR) is 146 cm³/mol. The molecule has 1 aliphatic rings. The third kappa shape index (κ3) is 9.37. The van der Waals surface area contributed by atoms with Crippen LogP contribution >= 0.6 is 0 Å². The van der Waals surface area contributed by atoms with Crippen molar-refractivity contribution >= 4 is 18.1 Å². The number of carbonyl (C=O) groups is 1. The fourth-order valence-corrected chi connectivity index (χ4v) is 3.90. The Bertz CT molecular complexity index is 1260. The highest BCUT2D eigenvalue weighted by Crippen LogP contribution is 2.30. The number of aldehydes is 1. The van der Waals surface area contributed by atoms with Gasteiger partial charge in [-0.25, -0.2) is 0 Å². The van der Waals surface area contributed by atoms with Crippen LogP contribution in [0.15, 0.2) is 89.5 Å². The van der Waals surface area contributed by atoms with E-state index in [-0.39, 0.29) is 0 Å². The Balaban J connectivity index is 1.69. The van der Waals surface area contributed by atoms with Crippen molar-refractivity contribution in [2.24, 2.45) is 16.6 Å². The van der Waals surface area contributed by atoms with Gasteiger partial charge in [-0.1, -0.05) is 36.4 Å². The molecular formula is C30H32F3N3O3. The molecule has 0 radical (unpaired) electrons. The van der Waals surface area contributed by atoms with Gasteiger partial charge in [-0.2, -0.15) is 13.2 Å². The van der Waals surface area contributed by atoms with Gasteiger partial charge in [-0.3, -0.25) is 14.8 Å². The van der Waals surface area contributed by atoms with Crippen molar-refractivity contribution in [1.29, 1.82) is 0 Å². The van der Waals surface area contributed by atoms with Crippen LogP contribution in [0.4, 0.5) is 13.2 Å². The highest BCUT2D eigenvalue weighted by Gasteiger charge is 2.30. The maximum atomic E-state index is 12.9. The second-order valence-corrected chi connectivity index (χ2v) is 8.99. The quantitative estimate of drug-likeness (QED) is 0.161. The normalized spacial score (nSPS) is 16.3. The molecule has 6 nitrogen and oxygen atoms in total. The molecule has 9 heteroatoms. The molecule has 3 rings (SSSR count). The largest absolute Gasteiger partial charge is 0.493 e. The number of alkyl halides is 3. The summed E-state index contributed by atoms with van der Waals surface area (Å²) in [5.41, 5.74) is 8.08. The number of hydrogen-bond donors (Lipinski definition) is 1. The van der Waals surface area contributed by atoms with Crippen LogP contribution in [0.2, 0.25) is 0 Å². The zero-order valence-corrected chi connectivity index (χ0v) is 21.7. The number of hydrogen-bond acceptors (Lipinski definition) is 6. The van der Waals surface area contributed by atoms with Gasteiger partial charge in [0.05, 0.1) is 17.9 Å². The molecule has 1 saturated heterocycles. The Hall–Kier alpha value is -3.98. The van der Waals surface area contributed by atoms with E-state index in [1.165, 1.54) is 24.6 Å². The van der Waals surface area contributed by atoms with Crippen LogP contribution in [-0.2, 0) is 22.1 Å². The molecule has 0 amide bonds. The number of aromatic nitrogens is 1. The molecule has 1 aliphatic heterocycles. The summed E-state index contributed by atoms with van der Waals surface area (Å²) in [6.45, 7) is 3.80. The molecule has 206 valence electrons. The summed E-state index contributed by atoms with van der Waals surface area (Å²) in [7, 11) is 0. The molecule has 0 unspecified atom stereocenters. The van der Waals surface area contributed by atoms with Crippen LogP contribution in [0, 0.1) is 5.92 Å². The zero-order valence-electron chi connectivity index (χ0n) is 21.7. The third-order valence-electron chi connectivity index (χ3n) is 6.15. The first-order chi connectivity index (χ1) is 18.8. The third-order valence-corrected chi connectivity index (χ3v) is 6.15. The summed E-state index contributed by atoms with van der Waals surface area (Å²) < 4.78 is 50.3. The molecule has 2 heterocycles. The molecule has 0 spiro atoms. The molecule has 1 fully saturated rings. The first kappa shape index (κ1) is 29.6. The molecule has 2 N–H and O–H groups in total. The van der Waals surface area contributed by atoms with E-state index in [2.05, 4.69) is 9.98 Å². The van der Waals surface area contributed by atoms with E-state index in [0.29, 0.717) is 59.0 Å². The maximum Gasteiger partial charge on any atom is 0.416 e. The van der Waals surface area contributed by atoms with E-state index in [9.17, 15) is 18.0 Å². The molecular weight excluding hydrogens is 507 g/mol. The standard InChI is InChI=1S/C30H32F3N3O3/c1-22(5-2-3-6-23-7-4-8-26(17-23)30(31,32)33)28(10-14-37)36-19-25(18-34)27-20-35-13-9-29(27)39-21-24-11-15-38-16-12-24/h2-5,7-10,13-14,17-20,24H,6,11-12,15-16,21,34H2,1H3/b3-2+,22-5-,25-18?,28-10+,36-19?. The minimum atomic E-state index is -4.38. The first-order valence-corrected chi connectivity index (χ1v) is 12.6. The number of aliphatic imine (C=N–C) groups is 1. The average molecular weight is 540 g/mol. The van der Waals surface area contributed by atoms with E-state index < -0.39 is 11.7 Å². The number of allylic oxidation sites excluding steroid dienone is 6. The molecule has 2 aromatic rings. The Labute approximate surface area is 226 Å². The maximum absolute atomic E-state index is 12.9. The second-order valence-electron chi connectivity index (χ2n) is 8.99. The number of benzene rings is 1. The van der Waals surface area contributed by atoms with E-state index in [4.69, 9.17) is 15.2 Å². The van der Waals surface area contributed by atoms with Gasteiger partial charge < -0.3 is 15.2 Å². The van der Waals surface area contributed by atoms with Crippen LogP contribution < -0.4 is 10.5 Å². The molecule has 1 aromatic heterocycles. The van der Waals surface area contributed by atoms with Gasteiger partial charge in [0.25, 0.3) is 0 Å². The molecule has 0 bridgehead atoms. The van der Waals surface area contributed by atoms with Gasteiger partial charge in [0, 0.05) is 55.2 Å². The summed E-state index contributed by atoms with van der Waals surface area (Å²) in [5.74, 6) is 1.04. The first-order valence-electron chi connectivity index (χ1n) is 12.6. The molecule has 0 saturated carbocycles. The van der Waals surface area contributed by atoms with E-state index in [1.54, 1.807) is 49.7 Å². The average Bonchev–Trinajstić information content (AvgIpc) is 2.94. The summed E-state index contributed by atoms with van der Waals surface area (Å²) in [6, 6.07) is 6.97. The number of halogens is 3. The van der Waals surface area contributed by atoms with Gasteiger partial charge in [0.2, 0.25) is 0 Å². The number of pyridine rings is 1. The molecule has 0 atom stereocenters. The SMILES string of the molecule is CC(=C/C=C/Cc1cccc(C(F)(F)F)c1)/C(=C\C=O)N=CC(=CN)c1cnccc1OCC1CCOCC1. The lowest BCUT2D eigenvalue weighted by molar-refractivity contribution is -0.137. The Kier molecular flexibility index (Phi) is 11.2. The number of carbonyl (C=O) groups excluding carboxylic acids is 1. The highest BCUT2D eigenvalue weighted by molar-refractivity contribution is 6.11. The fourth-order valence-electron chi connectivity index (χ4n) is 3.90. The van der Waals surface area contributed by atoms with Crippen molar-refractivity contribution in [3.63, 3.8) is 0 Å². The van der Waals surface area contributed by atoms with Crippen LogP contribution in [-0.4, -0.2) is 37.3 Å². The number of rotatable bonds is 11. The molecule has 1 aromatic carbocycles. The topological polar surface area (TPSA) is 86.8 Å². The summed E-state index contributed by atoms with van der Waals surface area (Å²) >= 11 is 0. The van der Waals surface area contributed by atoms with Crippen LogP contribution in [0.5, 0.6) is 5.75 Å². The monoisotopic (exact) mass is 539 g/mol. The van der Waals surface area contributed by atoms with Crippen LogP contribution in [0.1, 0.15) is 36.5 Å². The van der Waals surface area contributed by atoms with Gasteiger partial charge in [-0.05, 0) is 55.4 Å². The van der Waals surface area contributed by atoms with Crippen LogP contribution in [0.25, 0.3) is 5.57 Å². The van der Waals surface area contributed by atoms with Crippen molar-refractivity contribution in [2.45, 2.75) is 32.4 Å². The lowest BCUT2D eigenvalue weighted by atomic mass is 10.0. The van der Waals surface area contributed by atoms with Gasteiger partial charge >= 0.3 is 6.18 Å². The second kappa shape index (κ2) is 14.8. The summed E-state index contributed by atoms with van der Waals surface area (Å²) in [4.78, 5) is 19.9. The summed E-state index contributed by atoms with van der Waals surface area (Å²) in [6.07, 6.45) is 11.2. The van der Waals surface area contributed by atoms with Crippen molar-refractivity contribution < 1.29 is 27.4 Å². The smallest absolute Gasteiger partial charge is 0.416 e. The van der Waals surface area contributed by atoms with Gasteiger partial charge in [-0.15, -0.1) is 0 Å². The zero-order chi connectivity index (χ0) is 28.1. The van der Waals surface area contributed by atoms with E-state index in [1.807, 2.05) is 0 Å². The summed E-state index contributed by atoms with van der Waals surface area (Å²) in [5, 5.41) is 0. The lowest BCUT2D eigenvalue weighted by Crippen LogP contribution is -2.21. The van der Waals surface area contributed by atoms with E-state index in [0.717, 1.165) is 38.2 Å². The number of nitrogens with zero attached hydrogens (tertiary/aromatic N) is 2. The van der Waals surface area contributed by atoms with Crippen molar-refractivity contribution in [2.75, 3.05) is 19.8 Å². The Morgan fingerprint density at radius 1 is 1.23 bits per heavy atom. The Morgan fingerprint density at radius 2 is 2.03 bits per heavy atom. The lowest BCUT2D eigenvalue weighted by Gasteiger charge is -2.22. The minimum Gasteiger partial charge on any atom is -0.493 e. The van der Waals surface area contributed by atoms with Gasteiger partial charge in [0.15, 0.2) is 0 Å². The molecule has 39 heavy (non-hydrogen) atoms. The Morgan fingerprint density at radius 3 is 2.74 bits per heavy atom. The number of nitrogens with two attached hydrogens (primary N) is 1. The van der Waals surface area contributed by atoms with Crippen molar-refractivity contribution in [1.82, 2.24) is 4.98 Å². The van der Waals surface area contributed by atoms with Crippen LogP contribution in [0.3, 0.4) is 0 Å². The van der Waals surface area contributed by atoms with Crippen molar-refractivity contribution in [3.8, 4) is 5.75 Å². The predicted octanol–water partition coefficient (Wildman–Crippen LogP) is 6.10. The van der Waals surface area contributed by atoms with Crippen molar-refractivity contribution in [3.05, 3.63) is 101 Å².